The molecule has 7 heteroatoms. The van der Waals surface area contributed by atoms with Gasteiger partial charge in [-0.1, -0.05) is 30.4 Å². The van der Waals surface area contributed by atoms with Gasteiger partial charge in [-0.15, -0.1) is 0 Å². The maximum Gasteiger partial charge on any atom is 0.269 e. The van der Waals surface area contributed by atoms with Crippen LogP contribution >= 0.6 is 0 Å². The van der Waals surface area contributed by atoms with Crippen LogP contribution in [0.3, 0.4) is 0 Å². The van der Waals surface area contributed by atoms with Gasteiger partial charge < -0.3 is 10.0 Å². The van der Waals surface area contributed by atoms with E-state index in [4.69, 9.17) is 0 Å². The van der Waals surface area contributed by atoms with Crippen molar-refractivity contribution in [3.8, 4) is 0 Å². The van der Waals surface area contributed by atoms with Crippen molar-refractivity contribution in [2.45, 2.75) is 18.9 Å². The Morgan fingerprint density at radius 1 is 1.22 bits per heavy atom. The average Bonchev–Trinajstić information content (AvgIpc) is 2.84. The largest absolute Gasteiger partial charge is 0.375 e. The summed E-state index contributed by atoms with van der Waals surface area (Å²) in [7, 11) is 0. The van der Waals surface area contributed by atoms with Crippen LogP contribution in [-0.2, 0) is 10.4 Å². The van der Waals surface area contributed by atoms with Gasteiger partial charge in [0.1, 0.15) is 0 Å². The van der Waals surface area contributed by atoms with Crippen LogP contribution in [-0.4, -0.2) is 28.3 Å². The van der Waals surface area contributed by atoms with Gasteiger partial charge >= 0.3 is 0 Å². The number of hydrogen-bond acceptors (Lipinski definition) is 5. The normalized spacial score (nSPS) is 18.3. The molecule has 1 aliphatic heterocycles. The third kappa shape index (κ3) is 3.24. The standard InChI is InChI=1S/C20H18N2O5/c1-13(2)12-21-17-6-4-3-5-16(17)20(25,19(21)24)11-18(23)14-7-9-15(10-8-14)22(26)27/h3-10,25H,1,11-12H2,2H3/t20-/m1/s1. The van der Waals surface area contributed by atoms with Gasteiger partial charge in [-0.2, -0.15) is 0 Å². The van der Waals surface area contributed by atoms with E-state index in [1.165, 1.54) is 29.2 Å². The smallest absolute Gasteiger partial charge is 0.269 e. The third-order valence-corrected chi connectivity index (χ3v) is 4.48. The van der Waals surface area contributed by atoms with Gasteiger partial charge in [0.15, 0.2) is 11.4 Å². The number of nitro groups is 1. The number of fused-ring (bicyclic) bond motifs is 1. The summed E-state index contributed by atoms with van der Waals surface area (Å²) in [5.74, 6) is -1.06. The second-order valence-corrected chi connectivity index (χ2v) is 6.63. The molecule has 0 saturated heterocycles. The van der Waals surface area contributed by atoms with Gasteiger partial charge in [-0.05, 0) is 25.1 Å². The molecule has 0 fully saturated rings. The monoisotopic (exact) mass is 366 g/mol. The summed E-state index contributed by atoms with van der Waals surface area (Å²) in [4.78, 5) is 37.2. The minimum absolute atomic E-state index is 0.139. The first kappa shape index (κ1) is 18.5. The number of aliphatic hydroxyl groups is 1. The van der Waals surface area contributed by atoms with Crippen LogP contribution in [0, 0.1) is 10.1 Å². The van der Waals surface area contributed by atoms with E-state index < -0.39 is 28.6 Å². The summed E-state index contributed by atoms with van der Waals surface area (Å²) < 4.78 is 0. The lowest BCUT2D eigenvalue weighted by Crippen LogP contribution is -2.42. The molecular formula is C20H18N2O5. The third-order valence-electron chi connectivity index (χ3n) is 4.48. The van der Waals surface area contributed by atoms with Gasteiger partial charge in [0, 0.05) is 29.8 Å². The SMILES string of the molecule is C=C(C)CN1C(=O)[C@@](O)(CC(=O)c2ccc([N+](=O)[O-])cc2)c2ccccc21. The van der Waals surface area contributed by atoms with Crippen LogP contribution in [0.2, 0.25) is 0 Å². The number of benzene rings is 2. The molecule has 2 aromatic carbocycles. The van der Waals surface area contributed by atoms with Crippen molar-refractivity contribution < 1.29 is 19.6 Å². The minimum Gasteiger partial charge on any atom is -0.375 e. The molecule has 1 heterocycles. The Morgan fingerprint density at radius 2 is 1.85 bits per heavy atom. The fourth-order valence-corrected chi connectivity index (χ4v) is 3.21. The number of anilines is 1. The fraction of sp³-hybridized carbons (Fsp3) is 0.200. The van der Waals surface area contributed by atoms with E-state index in [1.807, 2.05) is 0 Å². The molecule has 1 aliphatic rings. The number of carbonyl (C=O) groups is 2. The Morgan fingerprint density at radius 3 is 2.44 bits per heavy atom. The van der Waals surface area contributed by atoms with Gasteiger partial charge in [-0.25, -0.2) is 0 Å². The van der Waals surface area contributed by atoms with Crippen LogP contribution in [0.1, 0.15) is 29.3 Å². The van der Waals surface area contributed by atoms with Crippen molar-refractivity contribution >= 4 is 23.1 Å². The molecule has 0 spiro atoms. The molecule has 1 N–H and O–H groups in total. The predicted octanol–water partition coefficient (Wildman–Crippen LogP) is 2.98. The first-order valence-electron chi connectivity index (χ1n) is 8.30. The molecule has 0 saturated carbocycles. The van der Waals surface area contributed by atoms with Gasteiger partial charge in [0.2, 0.25) is 0 Å². The van der Waals surface area contributed by atoms with Crippen LogP contribution in [0.15, 0.2) is 60.7 Å². The maximum absolute atomic E-state index is 12.9. The number of nitro benzene ring substituents is 1. The summed E-state index contributed by atoms with van der Waals surface area (Å²) in [6.45, 7) is 5.82. The Balaban J connectivity index is 1.93. The second kappa shape index (κ2) is 6.77. The number of hydrogen-bond donors (Lipinski definition) is 1. The van der Waals surface area contributed by atoms with Crippen molar-refractivity contribution in [2.24, 2.45) is 0 Å². The summed E-state index contributed by atoms with van der Waals surface area (Å²) in [5.41, 5.74) is -0.275. The zero-order chi connectivity index (χ0) is 19.8. The van der Waals surface area contributed by atoms with Gasteiger partial charge in [0.05, 0.1) is 17.0 Å². The highest BCUT2D eigenvalue weighted by molar-refractivity contribution is 6.11. The van der Waals surface area contributed by atoms with E-state index in [9.17, 15) is 24.8 Å². The van der Waals surface area contributed by atoms with E-state index in [0.717, 1.165) is 5.57 Å². The summed E-state index contributed by atoms with van der Waals surface area (Å²) >= 11 is 0. The average molecular weight is 366 g/mol. The molecule has 0 aromatic heterocycles. The second-order valence-electron chi connectivity index (χ2n) is 6.63. The van der Waals surface area contributed by atoms with Crippen LogP contribution in [0.4, 0.5) is 11.4 Å². The Bertz CT molecular complexity index is 951. The number of ketones is 1. The van der Waals surface area contributed by atoms with Crippen molar-refractivity contribution in [1.82, 2.24) is 0 Å². The first-order valence-corrected chi connectivity index (χ1v) is 8.30. The van der Waals surface area contributed by atoms with Gasteiger partial charge in [0.25, 0.3) is 11.6 Å². The Labute approximate surface area is 155 Å². The van der Waals surface area contributed by atoms with Crippen molar-refractivity contribution in [2.75, 3.05) is 11.4 Å². The quantitative estimate of drug-likeness (QED) is 0.367. The number of Topliss-reactive ketones (excluding diaryl/α,β-unsaturated/α-hetero) is 1. The summed E-state index contributed by atoms with van der Waals surface area (Å²) in [5, 5.41) is 21.9. The molecule has 0 unspecified atom stereocenters. The number of nitrogens with zero attached hydrogens (tertiary/aromatic N) is 2. The van der Waals surface area contributed by atoms with E-state index in [1.54, 1.807) is 31.2 Å². The lowest BCUT2D eigenvalue weighted by Gasteiger charge is -2.22. The fourth-order valence-electron chi connectivity index (χ4n) is 3.21. The Kier molecular flexibility index (Phi) is 4.63. The topological polar surface area (TPSA) is 101 Å². The molecule has 27 heavy (non-hydrogen) atoms. The highest BCUT2D eigenvalue weighted by Crippen LogP contribution is 2.43. The number of non-ortho nitro benzene ring substituents is 1. The number of para-hydroxylation sites is 1. The number of rotatable bonds is 6. The molecule has 3 rings (SSSR count). The van der Waals surface area contributed by atoms with E-state index >= 15 is 0 Å². The molecular weight excluding hydrogens is 348 g/mol. The van der Waals surface area contributed by atoms with Gasteiger partial charge in [-0.3, -0.25) is 19.7 Å². The Hall–Kier alpha value is -3.32. The highest BCUT2D eigenvalue weighted by Gasteiger charge is 2.50. The molecule has 0 radical (unpaired) electrons. The van der Waals surface area contributed by atoms with Crippen LogP contribution in [0.5, 0.6) is 0 Å². The molecule has 138 valence electrons. The molecule has 7 nitrogen and oxygen atoms in total. The zero-order valence-corrected chi connectivity index (χ0v) is 14.7. The molecule has 0 aliphatic carbocycles. The highest BCUT2D eigenvalue weighted by atomic mass is 16.6. The zero-order valence-electron chi connectivity index (χ0n) is 14.7. The molecule has 1 amide bonds. The van der Waals surface area contributed by atoms with E-state index in [0.29, 0.717) is 11.3 Å². The minimum atomic E-state index is -1.98. The number of amides is 1. The van der Waals surface area contributed by atoms with Crippen LogP contribution < -0.4 is 4.90 Å². The van der Waals surface area contributed by atoms with Crippen LogP contribution in [0.25, 0.3) is 0 Å². The van der Waals surface area contributed by atoms with Crippen molar-refractivity contribution in [1.29, 1.82) is 0 Å². The van der Waals surface area contributed by atoms with E-state index in [2.05, 4.69) is 6.58 Å². The van der Waals surface area contributed by atoms with E-state index in [-0.39, 0.29) is 17.8 Å². The lowest BCUT2D eigenvalue weighted by atomic mass is 9.88. The predicted molar refractivity (Wildman–Crippen MR) is 99.5 cm³/mol. The van der Waals surface area contributed by atoms with Crippen molar-refractivity contribution in [3.05, 3.63) is 81.9 Å². The molecule has 0 bridgehead atoms. The summed E-state index contributed by atoms with van der Waals surface area (Å²) in [6.07, 6.45) is -0.451. The lowest BCUT2D eigenvalue weighted by molar-refractivity contribution is -0.384. The summed E-state index contributed by atoms with van der Waals surface area (Å²) in [6, 6.07) is 11.9. The molecule has 1 atom stereocenters. The number of carbonyl (C=O) groups excluding carboxylic acids is 2. The molecule has 2 aromatic rings. The van der Waals surface area contributed by atoms with Crippen molar-refractivity contribution in [3.63, 3.8) is 0 Å². The maximum atomic E-state index is 12.9. The first-order chi connectivity index (χ1) is 12.7.